The highest BCUT2D eigenvalue weighted by atomic mass is 32.1. The van der Waals surface area contributed by atoms with Gasteiger partial charge in [-0.3, -0.25) is 4.79 Å². The molecule has 4 aromatic rings. The summed E-state index contributed by atoms with van der Waals surface area (Å²) in [7, 11) is 0. The number of amides is 1. The van der Waals surface area contributed by atoms with E-state index in [4.69, 9.17) is 0 Å². The number of hydrogen-bond donors (Lipinski definition) is 1. The Labute approximate surface area is 180 Å². The molecule has 2 aromatic heterocycles. The van der Waals surface area contributed by atoms with Gasteiger partial charge in [-0.25, -0.2) is 4.98 Å². The summed E-state index contributed by atoms with van der Waals surface area (Å²) in [5, 5.41) is 5.21. The molecule has 1 aliphatic rings. The van der Waals surface area contributed by atoms with E-state index in [-0.39, 0.29) is 12.5 Å². The second-order valence-electron chi connectivity index (χ2n) is 7.59. The lowest BCUT2D eigenvalue weighted by Crippen LogP contribution is -2.29. The number of carbonyl (C=O) groups is 1. The van der Waals surface area contributed by atoms with E-state index in [1.807, 2.05) is 52.3 Å². The molecule has 1 amide bonds. The first-order chi connectivity index (χ1) is 14.7. The van der Waals surface area contributed by atoms with Gasteiger partial charge in [-0.2, -0.15) is 0 Å². The van der Waals surface area contributed by atoms with Crippen molar-refractivity contribution in [2.75, 3.05) is 16.8 Å². The molecule has 0 radical (unpaired) electrons. The van der Waals surface area contributed by atoms with Crippen LogP contribution in [0, 0.1) is 0 Å². The highest BCUT2D eigenvalue weighted by Crippen LogP contribution is 2.28. The van der Waals surface area contributed by atoms with E-state index in [0.717, 1.165) is 48.5 Å². The number of para-hydroxylation sites is 2. The number of nitrogens with one attached hydrogen (secondary N) is 1. The van der Waals surface area contributed by atoms with Crippen molar-refractivity contribution in [2.45, 2.75) is 32.9 Å². The summed E-state index contributed by atoms with van der Waals surface area (Å²) in [6, 6.07) is 18.4. The van der Waals surface area contributed by atoms with Gasteiger partial charge in [0, 0.05) is 35.8 Å². The Balaban J connectivity index is 1.27. The first-order valence-corrected chi connectivity index (χ1v) is 11.2. The molecule has 0 unspecified atom stereocenters. The molecule has 0 saturated heterocycles. The molecule has 0 bridgehead atoms. The Hall–Kier alpha value is -3.12. The number of aromatic nitrogens is 2. The minimum absolute atomic E-state index is 0.0403. The van der Waals surface area contributed by atoms with Crippen molar-refractivity contribution < 1.29 is 4.79 Å². The lowest BCUT2D eigenvalue weighted by atomic mass is 10.1. The van der Waals surface area contributed by atoms with Crippen molar-refractivity contribution in [3.05, 3.63) is 76.2 Å². The minimum Gasteiger partial charge on any atom is -0.367 e. The second kappa shape index (κ2) is 7.95. The first-order valence-electron chi connectivity index (χ1n) is 10.4. The smallest absolute Gasteiger partial charge is 0.244 e. The van der Waals surface area contributed by atoms with E-state index in [0.29, 0.717) is 0 Å². The number of rotatable bonds is 5. The predicted octanol–water partition coefficient (Wildman–Crippen LogP) is 4.86. The number of hydrogen-bond acceptors (Lipinski definition) is 4. The number of thiophene rings is 1. The molecule has 152 valence electrons. The van der Waals surface area contributed by atoms with Crippen LogP contribution < -0.4 is 10.2 Å². The number of carbonyl (C=O) groups excluding carboxylic acids is 1. The second-order valence-corrected chi connectivity index (χ2v) is 8.59. The third-order valence-corrected chi connectivity index (χ3v) is 6.70. The molecular weight excluding hydrogens is 392 g/mol. The predicted molar refractivity (Wildman–Crippen MR) is 123 cm³/mol. The molecule has 30 heavy (non-hydrogen) atoms. The van der Waals surface area contributed by atoms with Crippen molar-refractivity contribution in [3.8, 4) is 0 Å². The fraction of sp³-hybridized carbons (Fsp3) is 0.250. The maximum absolute atomic E-state index is 12.7. The molecule has 2 aromatic carbocycles. The Morgan fingerprint density at radius 3 is 2.80 bits per heavy atom. The third-order valence-electron chi connectivity index (χ3n) is 5.68. The van der Waals surface area contributed by atoms with E-state index >= 15 is 0 Å². The average molecular weight is 417 g/mol. The molecule has 5 nitrogen and oxygen atoms in total. The summed E-state index contributed by atoms with van der Waals surface area (Å²) in [5.41, 5.74) is 5.38. The lowest BCUT2D eigenvalue weighted by Gasteiger charge is -2.29. The summed E-state index contributed by atoms with van der Waals surface area (Å²) in [5.74, 6) is 0.890. The number of nitrogens with zero attached hydrogens (tertiary/aromatic N) is 3. The zero-order valence-electron chi connectivity index (χ0n) is 17.0. The number of fused-ring (bicyclic) bond motifs is 2. The normalized spacial score (nSPS) is 13.4. The van der Waals surface area contributed by atoms with Gasteiger partial charge in [0.2, 0.25) is 5.91 Å². The van der Waals surface area contributed by atoms with Crippen LogP contribution in [0.1, 0.15) is 23.2 Å². The van der Waals surface area contributed by atoms with Crippen LogP contribution in [0.3, 0.4) is 0 Å². The number of anilines is 2. The topological polar surface area (TPSA) is 50.2 Å². The van der Waals surface area contributed by atoms with E-state index in [9.17, 15) is 4.79 Å². The van der Waals surface area contributed by atoms with E-state index in [2.05, 4.69) is 45.7 Å². The van der Waals surface area contributed by atoms with Crippen LogP contribution in [-0.2, 0) is 30.7 Å². The molecule has 0 spiro atoms. The molecule has 1 aliphatic heterocycles. The van der Waals surface area contributed by atoms with Gasteiger partial charge in [-0.05, 0) is 59.8 Å². The van der Waals surface area contributed by atoms with Crippen LogP contribution in [0.5, 0.6) is 0 Å². The first kappa shape index (κ1) is 18.9. The van der Waals surface area contributed by atoms with Crippen molar-refractivity contribution >= 4 is 39.7 Å². The molecule has 6 heteroatoms. The Morgan fingerprint density at radius 2 is 1.97 bits per heavy atom. The van der Waals surface area contributed by atoms with Crippen LogP contribution in [0.25, 0.3) is 11.0 Å². The fourth-order valence-electron chi connectivity index (χ4n) is 4.14. The molecular formula is C24H24N4OS. The summed E-state index contributed by atoms with van der Waals surface area (Å²) >= 11 is 1.86. The van der Waals surface area contributed by atoms with Crippen molar-refractivity contribution in [1.29, 1.82) is 0 Å². The van der Waals surface area contributed by atoms with Crippen LogP contribution in [0.2, 0.25) is 0 Å². The summed E-state index contributed by atoms with van der Waals surface area (Å²) < 4.78 is 2.01. The Morgan fingerprint density at radius 1 is 1.13 bits per heavy atom. The van der Waals surface area contributed by atoms with Crippen molar-refractivity contribution in [3.63, 3.8) is 0 Å². The summed E-state index contributed by atoms with van der Waals surface area (Å²) in [6.07, 6.45) is 1.89. The standard InChI is InChI=1S/C24H24N4OS/c1-2-23-26-20-5-3-4-6-21(20)28(23)16-24(29)25-18-7-9-19(10-8-18)27-13-11-22-17(15-27)12-14-30-22/h3-10,12,14H,2,11,13,15-16H2,1H3,(H,25,29). The SMILES string of the molecule is CCc1nc2ccccc2n1CC(=O)Nc1ccc(N2CCc3sccc3C2)cc1. The Kier molecular flexibility index (Phi) is 5.01. The third kappa shape index (κ3) is 3.59. The maximum Gasteiger partial charge on any atom is 0.244 e. The lowest BCUT2D eigenvalue weighted by molar-refractivity contribution is -0.116. The van der Waals surface area contributed by atoms with Gasteiger partial charge in [0.1, 0.15) is 12.4 Å². The number of imidazole rings is 1. The Bertz CT molecular complexity index is 1190. The zero-order valence-corrected chi connectivity index (χ0v) is 17.8. The van der Waals surface area contributed by atoms with Crippen LogP contribution >= 0.6 is 11.3 Å². The fourth-order valence-corrected chi connectivity index (χ4v) is 5.03. The van der Waals surface area contributed by atoms with Gasteiger partial charge < -0.3 is 14.8 Å². The monoisotopic (exact) mass is 416 g/mol. The highest BCUT2D eigenvalue weighted by molar-refractivity contribution is 7.10. The molecule has 0 fully saturated rings. The van der Waals surface area contributed by atoms with Crippen molar-refractivity contribution in [1.82, 2.24) is 9.55 Å². The van der Waals surface area contributed by atoms with Crippen LogP contribution in [-0.4, -0.2) is 22.0 Å². The largest absolute Gasteiger partial charge is 0.367 e. The minimum atomic E-state index is -0.0403. The quantitative estimate of drug-likeness (QED) is 0.505. The molecule has 0 aliphatic carbocycles. The van der Waals surface area contributed by atoms with Gasteiger partial charge in [0.15, 0.2) is 0 Å². The summed E-state index contributed by atoms with van der Waals surface area (Å²) in [4.78, 5) is 21.3. The molecule has 3 heterocycles. The van der Waals surface area contributed by atoms with Gasteiger partial charge in [-0.1, -0.05) is 19.1 Å². The number of aryl methyl sites for hydroxylation is 1. The van der Waals surface area contributed by atoms with Crippen LogP contribution in [0.15, 0.2) is 60.0 Å². The van der Waals surface area contributed by atoms with E-state index in [1.54, 1.807) is 0 Å². The maximum atomic E-state index is 12.7. The van der Waals surface area contributed by atoms with E-state index < -0.39 is 0 Å². The van der Waals surface area contributed by atoms with Gasteiger partial charge in [0.25, 0.3) is 0 Å². The molecule has 0 saturated carbocycles. The van der Waals surface area contributed by atoms with Gasteiger partial charge in [0.05, 0.1) is 11.0 Å². The van der Waals surface area contributed by atoms with Gasteiger partial charge >= 0.3 is 0 Å². The molecule has 0 atom stereocenters. The highest BCUT2D eigenvalue weighted by Gasteiger charge is 2.17. The summed E-state index contributed by atoms with van der Waals surface area (Å²) in [6.45, 7) is 4.32. The van der Waals surface area contributed by atoms with Gasteiger partial charge in [-0.15, -0.1) is 11.3 Å². The van der Waals surface area contributed by atoms with E-state index in [1.165, 1.54) is 16.1 Å². The average Bonchev–Trinajstić information content (AvgIpc) is 3.38. The zero-order chi connectivity index (χ0) is 20.5. The van der Waals surface area contributed by atoms with Crippen molar-refractivity contribution in [2.24, 2.45) is 0 Å². The molecule has 5 rings (SSSR count). The van der Waals surface area contributed by atoms with Crippen LogP contribution in [0.4, 0.5) is 11.4 Å². The number of benzene rings is 2. The molecule has 1 N–H and O–H groups in total.